The third kappa shape index (κ3) is 3.03. The monoisotopic (exact) mass is 363 g/mol. The lowest BCUT2D eigenvalue weighted by Crippen LogP contribution is -2.27. The molecule has 3 aromatic rings. The molecule has 0 saturated heterocycles. The fourth-order valence-electron chi connectivity index (χ4n) is 1.89. The molecule has 0 aliphatic heterocycles. The number of amides is 1. The Kier molecular flexibility index (Phi) is 3.85. The summed E-state index contributed by atoms with van der Waals surface area (Å²) in [7, 11) is 0. The van der Waals surface area contributed by atoms with Gasteiger partial charge in [0.05, 0.1) is 11.7 Å². The van der Waals surface area contributed by atoms with E-state index in [-0.39, 0.29) is 18.0 Å². The first kappa shape index (κ1) is 14.0. The summed E-state index contributed by atoms with van der Waals surface area (Å²) in [5, 5.41) is 5.09. The van der Waals surface area contributed by atoms with E-state index in [2.05, 4.69) is 26.2 Å². The molecule has 21 heavy (non-hydrogen) atoms. The second kappa shape index (κ2) is 5.79. The standard InChI is InChI=1S/C14H10BrN3O2S/c15-9-1-3-10(4-2-9)17-12(19)7-18-8-16-13-11(14(18)20)5-6-21-13/h1-6,8H,7H2,(H,17,19). The number of hydrogen-bond acceptors (Lipinski definition) is 4. The Morgan fingerprint density at radius 2 is 2.05 bits per heavy atom. The van der Waals surface area contributed by atoms with Gasteiger partial charge in [-0.1, -0.05) is 15.9 Å². The Balaban J connectivity index is 1.78. The molecule has 1 aromatic carbocycles. The van der Waals surface area contributed by atoms with Crippen molar-refractivity contribution in [3.05, 3.63) is 56.9 Å². The first-order valence-corrected chi connectivity index (χ1v) is 7.79. The summed E-state index contributed by atoms with van der Waals surface area (Å²) < 4.78 is 2.24. The molecule has 0 bridgehead atoms. The lowest BCUT2D eigenvalue weighted by atomic mass is 10.3. The van der Waals surface area contributed by atoms with Crippen molar-refractivity contribution in [2.24, 2.45) is 0 Å². The number of carbonyl (C=O) groups is 1. The van der Waals surface area contributed by atoms with Gasteiger partial charge in [-0.3, -0.25) is 14.2 Å². The van der Waals surface area contributed by atoms with Crippen LogP contribution >= 0.6 is 27.3 Å². The van der Waals surface area contributed by atoms with Crippen LogP contribution in [-0.2, 0) is 11.3 Å². The Labute approximate surface area is 132 Å². The quantitative estimate of drug-likeness (QED) is 0.777. The number of anilines is 1. The van der Waals surface area contributed by atoms with E-state index in [1.54, 1.807) is 18.2 Å². The molecule has 1 amide bonds. The van der Waals surface area contributed by atoms with E-state index in [1.807, 2.05) is 17.5 Å². The number of aromatic nitrogens is 2. The predicted octanol–water partition coefficient (Wildman–Crippen LogP) is 2.86. The number of hydrogen-bond donors (Lipinski definition) is 1. The maximum atomic E-state index is 12.2. The molecule has 0 saturated carbocycles. The Bertz CT molecular complexity index is 855. The molecule has 2 aromatic heterocycles. The SMILES string of the molecule is O=C(Cn1cnc2sccc2c1=O)Nc1ccc(Br)cc1. The number of halogens is 1. The van der Waals surface area contributed by atoms with Gasteiger partial charge in [0.2, 0.25) is 5.91 Å². The van der Waals surface area contributed by atoms with Crippen molar-refractivity contribution in [2.75, 3.05) is 5.32 Å². The van der Waals surface area contributed by atoms with Crippen LogP contribution in [-0.4, -0.2) is 15.5 Å². The Morgan fingerprint density at radius 3 is 2.81 bits per heavy atom. The third-order valence-corrected chi connectivity index (χ3v) is 4.24. The Morgan fingerprint density at radius 1 is 1.29 bits per heavy atom. The highest BCUT2D eigenvalue weighted by Crippen LogP contribution is 2.15. The van der Waals surface area contributed by atoms with Crippen molar-refractivity contribution < 1.29 is 4.79 Å². The molecule has 3 rings (SSSR count). The van der Waals surface area contributed by atoms with Gasteiger partial charge in [0.1, 0.15) is 11.4 Å². The molecular formula is C14H10BrN3O2S. The van der Waals surface area contributed by atoms with Crippen molar-refractivity contribution in [1.29, 1.82) is 0 Å². The van der Waals surface area contributed by atoms with Crippen LogP contribution in [0.4, 0.5) is 5.69 Å². The minimum Gasteiger partial charge on any atom is -0.325 e. The molecule has 0 spiro atoms. The lowest BCUT2D eigenvalue weighted by molar-refractivity contribution is -0.116. The largest absolute Gasteiger partial charge is 0.325 e. The van der Waals surface area contributed by atoms with Crippen LogP contribution in [0, 0.1) is 0 Å². The average molecular weight is 364 g/mol. The number of thiophene rings is 1. The fourth-order valence-corrected chi connectivity index (χ4v) is 2.88. The fraction of sp³-hybridized carbons (Fsp3) is 0.0714. The van der Waals surface area contributed by atoms with Crippen LogP contribution in [0.15, 0.2) is 51.3 Å². The number of nitrogens with one attached hydrogen (secondary N) is 1. The molecule has 2 heterocycles. The number of rotatable bonds is 3. The van der Waals surface area contributed by atoms with Crippen LogP contribution in [0.5, 0.6) is 0 Å². The summed E-state index contributed by atoms with van der Waals surface area (Å²) >= 11 is 4.73. The van der Waals surface area contributed by atoms with Crippen LogP contribution in [0.3, 0.4) is 0 Å². The highest BCUT2D eigenvalue weighted by atomic mass is 79.9. The predicted molar refractivity (Wildman–Crippen MR) is 86.7 cm³/mol. The summed E-state index contributed by atoms with van der Waals surface area (Å²) in [5.41, 5.74) is 0.480. The van der Waals surface area contributed by atoms with Gasteiger partial charge >= 0.3 is 0 Å². The van der Waals surface area contributed by atoms with E-state index < -0.39 is 0 Å². The van der Waals surface area contributed by atoms with Gasteiger partial charge in [-0.15, -0.1) is 11.3 Å². The van der Waals surface area contributed by atoms with Gasteiger partial charge in [0, 0.05) is 10.2 Å². The minimum absolute atomic E-state index is 0.0618. The van der Waals surface area contributed by atoms with Gasteiger partial charge in [0.15, 0.2) is 0 Å². The third-order valence-electron chi connectivity index (χ3n) is 2.89. The molecule has 1 N–H and O–H groups in total. The van der Waals surface area contributed by atoms with Crippen molar-refractivity contribution in [3.63, 3.8) is 0 Å². The van der Waals surface area contributed by atoms with Gasteiger partial charge in [-0.05, 0) is 35.7 Å². The zero-order chi connectivity index (χ0) is 14.8. The van der Waals surface area contributed by atoms with Crippen LogP contribution < -0.4 is 10.9 Å². The molecule has 0 unspecified atom stereocenters. The summed E-state index contributed by atoms with van der Waals surface area (Å²) in [6, 6.07) is 8.95. The first-order valence-electron chi connectivity index (χ1n) is 6.11. The highest BCUT2D eigenvalue weighted by molar-refractivity contribution is 9.10. The number of carbonyl (C=O) groups excluding carboxylic acids is 1. The van der Waals surface area contributed by atoms with E-state index in [0.29, 0.717) is 15.9 Å². The highest BCUT2D eigenvalue weighted by Gasteiger charge is 2.09. The summed E-state index contributed by atoms with van der Waals surface area (Å²) in [6.07, 6.45) is 1.41. The molecular weight excluding hydrogens is 354 g/mol. The molecule has 0 aliphatic carbocycles. The Hall–Kier alpha value is -1.99. The van der Waals surface area contributed by atoms with E-state index in [4.69, 9.17) is 0 Å². The maximum Gasteiger partial charge on any atom is 0.262 e. The maximum absolute atomic E-state index is 12.2. The average Bonchev–Trinajstić information content (AvgIpc) is 2.94. The second-order valence-electron chi connectivity index (χ2n) is 4.37. The molecule has 7 heteroatoms. The van der Waals surface area contributed by atoms with Crippen molar-refractivity contribution >= 4 is 49.1 Å². The molecule has 0 atom stereocenters. The van der Waals surface area contributed by atoms with E-state index in [1.165, 1.54) is 22.2 Å². The smallest absolute Gasteiger partial charge is 0.262 e. The van der Waals surface area contributed by atoms with E-state index >= 15 is 0 Å². The van der Waals surface area contributed by atoms with Gasteiger partial charge in [0.25, 0.3) is 5.56 Å². The summed E-state index contributed by atoms with van der Waals surface area (Å²) in [5.74, 6) is -0.268. The first-order chi connectivity index (χ1) is 10.1. The number of fused-ring (bicyclic) bond motifs is 1. The second-order valence-corrected chi connectivity index (χ2v) is 6.18. The molecule has 0 aliphatic rings. The van der Waals surface area contributed by atoms with Crippen LogP contribution in [0.25, 0.3) is 10.2 Å². The molecule has 5 nitrogen and oxygen atoms in total. The zero-order valence-corrected chi connectivity index (χ0v) is 13.1. The molecule has 106 valence electrons. The van der Waals surface area contributed by atoms with Crippen molar-refractivity contribution in [3.8, 4) is 0 Å². The molecule has 0 radical (unpaired) electrons. The summed E-state index contributed by atoms with van der Waals surface area (Å²) in [6.45, 7) is -0.0618. The molecule has 0 fully saturated rings. The number of nitrogens with zero attached hydrogens (tertiary/aromatic N) is 2. The number of benzene rings is 1. The van der Waals surface area contributed by atoms with Gasteiger partial charge in [-0.2, -0.15) is 0 Å². The van der Waals surface area contributed by atoms with Crippen LogP contribution in [0.1, 0.15) is 0 Å². The minimum atomic E-state index is -0.268. The van der Waals surface area contributed by atoms with E-state index in [0.717, 1.165) is 4.47 Å². The summed E-state index contributed by atoms with van der Waals surface area (Å²) in [4.78, 5) is 29.0. The van der Waals surface area contributed by atoms with Crippen molar-refractivity contribution in [1.82, 2.24) is 9.55 Å². The van der Waals surface area contributed by atoms with E-state index in [9.17, 15) is 9.59 Å². The van der Waals surface area contributed by atoms with Gasteiger partial charge < -0.3 is 5.32 Å². The van der Waals surface area contributed by atoms with Crippen molar-refractivity contribution in [2.45, 2.75) is 6.54 Å². The zero-order valence-electron chi connectivity index (χ0n) is 10.7. The van der Waals surface area contributed by atoms with Crippen LogP contribution in [0.2, 0.25) is 0 Å². The topological polar surface area (TPSA) is 64.0 Å². The lowest BCUT2D eigenvalue weighted by Gasteiger charge is -2.07. The normalized spacial score (nSPS) is 10.7. The van der Waals surface area contributed by atoms with Gasteiger partial charge in [-0.25, -0.2) is 4.98 Å².